The summed E-state index contributed by atoms with van der Waals surface area (Å²) in [4.78, 5) is 28.7. The zero-order chi connectivity index (χ0) is 18.0. The number of carbonyl (C=O) groups is 2. The molecule has 6 nitrogen and oxygen atoms in total. The van der Waals surface area contributed by atoms with Gasteiger partial charge >= 0.3 is 0 Å². The van der Waals surface area contributed by atoms with Gasteiger partial charge in [-0.1, -0.05) is 0 Å². The standard InChI is InChI=1S/C19H26N2O4/c1-20-10-8-13(11-18(20)22)19(23)21-9-4-5-16(21)15-7-6-14(24-2)12-17(15)25-3/h6-7,12-13,16H,4-5,8-11H2,1-3H3. The highest BCUT2D eigenvalue weighted by Crippen LogP contribution is 2.40. The van der Waals surface area contributed by atoms with Crippen LogP contribution in [0.25, 0.3) is 0 Å². The number of likely N-dealkylation sites (tertiary alicyclic amines) is 2. The molecule has 0 aromatic heterocycles. The van der Waals surface area contributed by atoms with E-state index in [2.05, 4.69) is 0 Å². The molecule has 0 N–H and O–H groups in total. The maximum absolute atomic E-state index is 13.0. The summed E-state index contributed by atoms with van der Waals surface area (Å²) < 4.78 is 10.8. The van der Waals surface area contributed by atoms with Gasteiger partial charge in [0.1, 0.15) is 11.5 Å². The lowest BCUT2D eigenvalue weighted by molar-refractivity contribution is -0.145. The summed E-state index contributed by atoms with van der Waals surface area (Å²) in [6, 6.07) is 5.74. The van der Waals surface area contributed by atoms with E-state index < -0.39 is 0 Å². The van der Waals surface area contributed by atoms with Gasteiger partial charge in [0.05, 0.1) is 20.3 Å². The summed E-state index contributed by atoms with van der Waals surface area (Å²) >= 11 is 0. The smallest absolute Gasteiger partial charge is 0.226 e. The molecule has 25 heavy (non-hydrogen) atoms. The minimum Gasteiger partial charge on any atom is -0.497 e. The van der Waals surface area contributed by atoms with Crippen molar-refractivity contribution in [2.24, 2.45) is 5.92 Å². The van der Waals surface area contributed by atoms with E-state index in [9.17, 15) is 9.59 Å². The number of benzene rings is 1. The average molecular weight is 346 g/mol. The molecule has 136 valence electrons. The molecule has 6 heteroatoms. The van der Waals surface area contributed by atoms with Crippen LogP contribution in [0.4, 0.5) is 0 Å². The molecule has 2 amide bonds. The maximum atomic E-state index is 13.0. The second kappa shape index (κ2) is 7.33. The molecule has 0 saturated carbocycles. The van der Waals surface area contributed by atoms with E-state index in [1.807, 2.05) is 23.1 Å². The van der Waals surface area contributed by atoms with Gasteiger partial charge in [-0.05, 0) is 31.4 Å². The molecular formula is C19H26N2O4. The predicted molar refractivity (Wildman–Crippen MR) is 93.6 cm³/mol. The minimum absolute atomic E-state index is 0.00288. The summed E-state index contributed by atoms with van der Waals surface area (Å²) in [5.41, 5.74) is 1.01. The number of nitrogens with zero attached hydrogens (tertiary/aromatic N) is 2. The van der Waals surface area contributed by atoms with Crippen molar-refractivity contribution in [1.29, 1.82) is 0 Å². The first kappa shape index (κ1) is 17.6. The molecule has 3 rings (SSSR count). The number of ether oxygens (including phenoxy) is 2. The van der Waals surface area contributed by atoms with E-state index in [4.69, 9.17) is 9.47 Å². The van der Waals surface area contributed by atoms with Crippen LogP contribution in [-0.2, 0) is 9.59 Å². The van der Waals surface area contributed by atoms with Crippen molar-refractivity contribution in [1.82, 2.24) is 9.80 Å². The van der Waals surface area contributed by atoms with E-state index in [1.54, 1.807) is 26.2 Å². The van der Waals surface area contributed by atoms with Gasteiger partial charge < -0.3 is 19.3 Å². The number of methoxy groups -OCH3 is 2. The number of carbonyl (C=O) groups excluding carboxylic acids is 2. The number of rotatable bonds is 4. The van der Waals surface area contributed by atoms with Crippen molar-refractivity contribution in [2.75, 3.05) is 34.4 Å². The van der Waals surface area contributed by atoms with Crippen molar-refractivity contribution < 1.29 is 19.1 Å². The Morgan fingerprint density at radius 1 is 1.16 bits per heavy atom. The molecule has 0 spiro atoms. The van der Waals surface area contributed by atoms with Crippen LogP contribution in [0.5, 0.6) is 11.5 Å². The van der Waals surface area contributed by atoms with Gasteiger partial charge in [-0.15, -0.1) is 0 Å². The highest BCUT2D eigenvalue weighted by atomic mass is 16.5. The largest absolute Gasteiger partial charge is 0.497 e. The quantitative estimate of drug-likeness (QED) is 0.839. The van der Waals surface area contributed by atoms with Gasteiger partial charge in [-0.3, -0.25) is 9.59 Å². The lowest BCUT2D eigenvalue weighted by Gasteiger charge is -2.33. The first-order valence-corrected chi connectivity index (χ1v) is 8.81. The van der Waals surface area contributed by atoms with Crippen LogP contribution in [0.15, 0.2) is 18.2 Å². The second-order valence-electron chi connectivity index (χ2n) is 6.80. The van der Waals surface area contributed by atoms with E-state index in [0.717, 1.165) is 42.9 Å². The van der Waals surface area contributed by atoms with E-state index in [0.29, 0.717) is 13.0 Å². The molecule has 2 fully saturated rings. The molecule has 1 aromatic carbocycles. The number of hydrogen-bond donors (Lipinski definition) is 0. The zero-order valence-corrected chi connectivity index (χ0v) is 15.2. The van der Waals surface area contributed by atoms with Crippen molar-refractivity contribution in [2.45, 2.75) is 31.7 Å². The fourth-order valence-corrected chi connectivity index (χ4v) is 3.84. The van der Waals surface area contributed by atoms with Crippen molar-refractivity contribution in [3.8, 4) is 11.5 Å². The third kappa shape index (κ3) is 3.43. The number of piperidine rings is 1. The summed E-state index contributed by atoms with van der Waals surface area (Å²) in [5.74, 6) is 1.43. The average Bonchev–Trinajstić information content (AvgIpc) is 3.12. The Kier molecular flexibility index (Phi) is 5.16. The Morgan fingerprint density at radius 3 is 2.64 bits per heavy atom. The lowest BCUT2D eigenvalue weighted by atomic mass is 9.94. The third-order valence-corrected chi connectivity index (χ3v) is 5.34. The molecule has 2 heterocycles. The molecular weight excluding hydrogens is 320 g/mol. The molecule has 0 aliphatic carbocycles. The van der Waals surface area contributed by atoms with Crippen LogP contribution in [-0.4, -0.2) is 56.0 Å². The van der Waals surface area contributed by atoms with Gasteiger partial charge in [-0.2, -0.15) is 0 Å². The molecule has 2 aliphatic rings. The Labute approximate surface area is 148 Å². The number of hydrogen-bond acceptors (Lipinski definition) is 4. The third-order valence-electron chi connectivity index (χ3n) is 5.34. The zero-order valence-electron chi connectivity index (χ0n) is 15.2. The van der Waals surface area contributed by atoms with Crippen LogP contribution in [0, 0.1) is 5.92 Å². The van der Waals surface area contributed by atoms with E-state index in [1.165, 1.54) is 0 Å². The van der Waals surface area contributed by atoms with Gasteiger partial charge in [0.25, 0.3) is 0 Å². The highest BCUT2D eigenvalue weighted by Gasteiger charge is 2.37. The van der Waals surface area contributed by atoms with Crippen LogP contribution in [0.2, 0.25) is 0 Å². The molecule has 2 aliphatic heterocycles. The Balaban J connectivity index is 1.81. The SMILES string of the molecule is COc1ccc(C2CCCN2C(=O)C2CCN(C)C(=O)C2)c(OC)c1. The Morgan fingerprint density at radius 2 is 1.96 bits per heavy atom. The maximum Gasteiger partial charge on any atom is 0.226 e. The van der Waals surface area contributed by atoms with Gasteiger partial charge in [-0.25, -0.2) is 0 Å². The summed E-state index contributed by atoms with van der Waals surface area (Å²) in [7, 11) is 5.05. The highest BCUT2D eigenvalue weighted by molar-refractivity contribution is 5.87. The van der Waals surface area contributed by atoms with Crippen molar-refractivity contribution in [3.05, 3.63) is 23.8 Å². The number of amides is 2. The summed E-state index contributed by atoms with van der Waals surface area (Å²) in [6.07, 6.45) is 2.93. The fourth-order valence-electron chi connectivity index (χ4n) is 3.84. The van der Waals surface area contributed by atoms with Crippen LogP contribution < -0.4 is 9.47 Å². The second-order valence-corrected chi connectivity index (χ2v) is 6.80. The van der Waals surface area contributed by atoms with Crippen LogP contribution in [0.3, 0.4) is 0 Å². The normalized spacial score (nSPS) is 23.7. The first-order chi connectivity index (χ1) is 12.0. The Bertz CT molecular complexity index is 661. The van der Waals surface area contributed by atoms with Gasteiger partial charge in [0.2, 0.25) is 11.8 Å². The summed E-state index contributed by atoms with van der Waals surface area (Å²) in [5, 5.41) is 0. The molecule has 2 saturated heterocycles. The van der Waals surface area contributed by atoms with Gasteiger partial charge in [0, 0.05) is 44.1 Å². The van der Waals surface area contributed by atoms with Crippen molar-refractivity contribution >= 4 is 11.8 Å². The molecule has 1 aromatic rings. The molecule has 0 radical (unpaired) electrons. The predicted octanol–water partition coefficient (Wildman–Crippen LogP) is 2.24. The van der Waals surface area contributed by atoms with Crippen LogP contribution >= 0.6 is 0 Å². The molecule has 2 unspecified atom stereocenters. The fraction of sp³-hybridized carbons (Fsp3) is 0.579. The first-order valence-electron chi connectivity index (χ1n) is 8.81. The molecule has 2 atom stereocenters. The van der Waals surface area contributed by atoms with E-state index in [-0.39, 0.29) is 23.8 Å². The molecule has 0 bridgehead atoms. The Hall–Kier alpha value is -2.24. The monoisotopic (exact) mass is 346 g/mol. The minimum atomic E-state index is -0.200. The summed E-state index contributed by atoms with van der Waals surface area (Å²) in [6.45, 7) is 1.39. The topological polar surface area (TPSA) is 59.1 Å². The van der Waals surface area contributed by atoms with Gasteiger partial charge in [0.15, 0.2) is 0 Å². The van der Waals surface area contributed by atoms with Crippen molar-refractivity contribution in [3.63, 3.8) is 0 Å². The lowest BCUT2D eigenvalue weighted by Crippen LogP contribution is -2.43. The van der Waals surface area contributed by atoms with Crippen LogP contribution in [0.1, 0.15) is 37.3 Å². The van der Waals surface area contributed by atoms with E-state index >= 15 is 0 Å².